The molecule has 1 N–H and O–H groups in total. The van der Waals surface area contributed by atoms with E-state index < -0.39 is 17.7 Å². The van der Waals surface area contributed by atoms with Gasteiger partial charge in [-0.05, 0) is 66.0 Å². The van der Waals surface area contributed by atoms with Crippen LogP contribution in [-0.2, 0) is 21.2 Å². The Bertz CT molecular complexity index is 1060. The number of piperidine rings is 1. The van der Waals surface area contributed by atoms with Crippen molar-refractivity contribution in [3.8, 4) is 0 Å². The molecule has 1 amide bonds. The van der Waals surface area contributed by atoms with Crippen molar-refractivity contribution in [1.82, 2.24) is 4.90 Å². The zero-order valence-corrected chi connectivity index (χ0v) is 19.6. The van der Waals surface area contributed by atoms with Crippen LogP contribution in [0.1, 0.15) is 49.3 Å². The third-order valence-corrected chi connectivity index (χ3v) is 6.64. The third-order valence-electron chi connectivity index (χ3n) is 6.40. The highest BCUT2D eigenvalue weighted by atomic mass is 35.5. The predicted molar refractivity (Wildman–Crippen MR) is 125 cm³/mol. The van der Waals surface area contributed by atoms with E-state index in [0.29, 0.717) is 37.4 Å². The van der Waals surface area contributed by atoms with E-state index in [-0.39, 0.29) is 29.2 Å². The molecule has 0 radical (unpaired) electrons. The average molecular weight is 494 g/mol. The first-order chi connectivity index (χ1) is 16.0. The fraction of sp³-hybridized carbons (Fsp3) is 0.385. The van der Waals surface area contributed by atoms with Crippen LogP contribution in [0.5, 0.6) is 0 Å². The molecule has 0 bridgehead atoms. The van der Waals surface area contributed by atoms with Crippen molar-refractivity contribution >= 4 is 29.6 Å². The summed E-state index contributed by atoms with van der Waals surface area (Å²) in [5, 5.41) is 9.79. The SMILES string of the molecule is CC(CC(=O)O)CC1(c2cccc(Cl)c2)CCN(C(=O)/C=C/c2ccccc2C(F)(F)F)CC1. The molecule has 8 heteroatoms. The maximum Gasteiger partial charge on any atom is 0.416 e. The van der Waals surface area contributed by atoms with Crippen molar-refractivity contribution in [2.45, 2.75) is 44.2 Å². The Balaban J connectivity index is 1.75. The van der Waals surface area contributed by atoms with Gasteiger partial charge in [-0.15, -0.1) is 0 Å². The molecule has 0 aliphatic carbocycles. The first-order valence-corrected chi connectivity index (χ1v) is 11.5. The summed E-state index contributed by atoms with van der Waals surface area (Å²) in [6.45, 7) is 2.73. The van der Waals surface area contributed by atoms with E-state index in [4.69, 9.17) is 11.6 Å². The third kappa shape index (κ3) is 6.41. The maximum absolute atomic E-state index is 13.2. The van der Waals surface area contributed by atoms with E-state index >= 15 is 0 Å². The van der Waals surface area contributed by atoms with E-state index in [2.05, 4.69) is 0 Å². The van der Waals surface area contributed by atoms with Crippen molar-refractivity contribution in [2.75, 3.05) is 13.1 Å². The smallest absolute Gasteiger partial charge is 0.416 e. The van der Waals surface area contributed by atoms with Gasteiger partial charge in [-0.1, -0.05) is 48.9 Å². The Morgan fingerprint density at radius 3 is 2.44 bits per heavy atom. The minimum absolute atomic E-state index is 0.0479. The van der Waals surface area contributed by atoms with Crippen molar-refractivity contribution in [1.29, 1.82) is 0 Å². The number of carboxylic acid groups (broad SMARTS) is 1. The van der Waals surface area contributed by atoms with E-state index in [9.17, 15) is 27.9 Å². The van der Waals surface area contributed by atoms with Gasteiger partial charge >= 0.3 is 12.1 Å². The molecule has 34 heavy (non-hydrogen) atoms. The normalized spacial score (nSPS) is 17.0. The quantitative estimate of drug-likeness (QED) is 0.452. The van der Waals surface area contributed by atoms with Gasteiger partial charge in [-0.2, -0.15) is 13.2 Å². The van der Waals surface area contributed by atoms with Gasteiger partial charge in [-0.25, -0.2) is 0 Å². The Morgan fingerprint density at radius 2 is 1.82 bits per heavy atom. The highest BCUT2D eigenvalue weighted by Gasteiger charge is 2.38. The van der Waals surface area contributed by atoms with E-state index in [1.165, 1.54) is 30.4 Å². The van der Waals surface area contributed by atoms with Crippen LogP contribution in [0.3, 0.4) is 0 Å². The number of rotatable bonds is 7. The summed E-state index contributed by atoms with van der Waals surface area (Å²) in [5.41, 5.74) is -0.163. The van der Waals surface area contributed by atoms with Crippen molar-refractivity contribution in [2.24, 2.45) is 5.92 Å². The van der Waals surface area contributed by atoms with Crippen molar-refractivity contribution in [3.05, 3.63) is 76.3 Å². The fourth-order valence-corrected chi connectivity index (χ4v) is 4.98. The van der Waals surface area contributed by atoms with Crippen LogP contribution in [0.15, 0.2) is 54.6 Å². The van der Waals surface area contributed by atoms with Gasteiger partial charge in [0.2, 0.25) is 5.91 Å². The van der Waals surface area contributed by atoms with Gasteiger partial charge in [0.25, 0.3) is 0 Å². The Morgan fingerprint density at radius 1 is 1.15 bits per heavy atom. The molecule has 1 aliphatic heterocycles. The molecule has 2 aromatic carbocycles. The summed E-state index contributed by atoms with van der Waals surface area (Å²) < 4.78 is 39.6. The van der Waals surface area contributed by atoms with Crippen LogP contribution in [0.25, 0.3) is 6.08 Å². The molecular weight excluding hydrogens is 467 g/mol. The van der Waals surface area contributed by atoms with Gasteiger partial charge < -0.3 is 10.0 Å². The van der Waals surface area contributed by atoms with Gasteiger partial charge in [-0.3, -0.25) is 9.59 Å². The second kappa shape index (κ2) is 10.6. The number of alkyl halides is 3. The van der Waals surface area contributed by atoms with Crippen LogP contribution in [0.4, 0.5) is 13.2 Å². The minimum atomic E-state index is -4.50. The standard InChI is InChI=1S/C26H27ClF3NO3/c1-18(15-24(33)34)17-25(20-6-4-7-21(27)16-20)11-13-31(14-12-25)23(32)10-9-19-5-2-3-8-22(19)26(28,29)30/h2-10,16,18H,11-15,17H2,1H3,(H,33,34)/b10-9+. The van der Waals surface area contributed by atoms with Crippen molar-refractivity contribution < 1.29 is 27.9 Å². The minimum Gasteiger partial charge on any atom is -0.481 e. The molecule has 1 fully saturated rings. The molecule has 1 heterocycles. The summed E-state index contributed by atoms with van der Waals surface area (Å²) >= 11 is 6.22. The number of aliphatic carboxylic acids is 1. The summed E-state index contributed by atoms with van der Waals surface area (Å²) in [5.74, 6) is -1.28. The number of hydrogen-bond donors (Lipinski definition) is 1. The Hall–Kier alpha value is -2.80. The van der Waals surface area contributed by atoms with Gasteiger partial charge in [0.05, 0.1) is 5.56 Å². The molecule has 1 atom stereocenters. The topological polar surface area (TPSA) is 57.6 Å². The summed E-state index contributed by atoms with van der Waals surface area (Å²) in [7, 11) is 0. The van der Waals surface area contributed by atoms with E-state index in [0.717, 1.165) is 11.6 Å². The molecule has 0 spiro atoms. The van der Waals surface area contributed by atoms with Gasteiger partial charge in [0, 0.05) is 30.6 Å². The lowest BCUT2D eigenvalue weighted by molar-refractivity contribution is -0.138. The molecule has 182 valence electrons. The first kappa shape index (κ1) is 25.8. The zero-order chi connectivity index (χ0) is 24.9. The maximum atomic E-state index is 13.2. The first-order valence-electron chi connectivity index (χ1n) is 11.1. The molecule has 4 nitrogen and oxygen atoms in total. The molecule has 1 aliphatic rings. The van der Waals surface area contributed by atoms with Crippen LogP contribution in [0, 0.1) is 5.92 Å². The predicted octanol–water partition coefficient (Wildman–Crippen LogP) is 6.43. The van der Waals surface area contributed by atoms with Crippen molar-refractivity contribution in [3.63, 3.8) is 0 Å². The highest BCUT2D eigenvalue weighted by Crippen LogP contribution is 2.42. The second-order valence-corrected chi connectivity index (χ2v) is 9.38. The lowest BCUT2D eigenvalue weighted by Gasteiger charge is -2.43. The number of nitrogens with zero attached hydrogens (tertiary/aromatic N) is 1. The number of hydrogen-bond acceptors (Lipinski definition) is 2. The number of likely N-dealkylation sites (tertiary alicyclic amines) is 1. The second-order valence-electron chi connectivity index (χ2n) is 8.94. The summed E-state index contributed by atoms with van der Waals surface area (Å²) in [4.78, 5) is 25.6. The summed E-state index contributed by atoms with van der Waals surface area (Å²) in [6.07, 6.45) is -0.212. The van der Waals surface area contributed by atoms with Crippen LogP contribution in [-0.4, -0.2) is 35.0 Å². The van der Waals surface area contributed by atoms with Crippen LogP contribution >= 0.6 is 11.6 Å². The molecule has 1 saturated heterocycles. The lowest BCUT2D eigenvalue weighted by atomic mass is 9.67. The molecule has 0 aromatic heterocycles. The number of carbonyl (C=O) groups excluding carboxylic acids is 1. The molecule has 3 rings (SSSR count). The lowest BCUT2D eigenvalue weighted by Crippen LogP contribution is -2.45. The van der Waals surface area contributed by atoms with Crippen LogP contribution in [0.2, 0.25) is 5.02 Å². The Kier molecular flexibility index (Phi) is 8.08. The number of amides is 1. The number of benzene rings is 2. The zero-order valence-electron chi connectivity index (χ0n) is 18.8. The molecule has 1 unspecified atom stereocenters. The monoisotopic (exact) mass is 493 g/mol. The number of carbonyl (C=O) groups is 2. The van der Waals surface area contributed by atoms with E-state index in [1.54, 1.807) is 11.0 Å². The number of carboxylic acids is 1. The number of halogens is 4. The van der Waals surface area contributed by atoms with Gasteiger partial charge in [0.1, 0.15) is 0 Å². The fourth-order valence-electron chi connectivity index (χ4n) is 4.79. The highest BCUT2D eigenvalue weighted by molar-refractivity contribution is 6.30. The molecule has 2 aromatic rings. The molecule has 0 saturated carbocycles. The Labute approximate surface area is 202 Å². The van der Waals surface area contributed by atoms with Gasteiger partial charge in [0.15, 0.2) is 0 Å². The largest absolute Gasteiger partial charge is 0.481 e. The van der Waals surface area contributed by atoms with Crippen LogP contribution < -0.4 is 0 Å². The average Bonchev–Trinajstić information content (AvgIpc) is 2.77. The summed E-state index contributed by atoms with van der Waals surface area (Å²) in [6, 6.07) is 12.6. The molecular formula is C26H27ClF3NO3. The van der Waals surface area contributed by atoms with E-state index in [1.807, 2.05) is 25.1 Å².